The van der Waals surface area contributed by atoms with E-state index in [1.165, 1.54) is 0 Å². The second kappa shape index (κ2) is 4.76. The van der Waals surface area contributed by atoms with E-state index in [0.717, 1.165) is 18.3 Å². The first kappa shape index (κ1) is 11.0. The van der Waals surface area contributed by atoms with Gasteiger partial charge in [0.15, 0.2) is 0 Å². The van der Waals surface area contributed by atoms with Crippen molar-refractivity contribution in [2.24, 2.45) is 17.8 Å². The molecule has 0 radical (unpaired) electrons. The van der Waals surface area contributed by atoms with Crippen LogP contribution in [0.25, 0.3) is 0 Å². The molecule has 68 valence electrons. The van der Waals surface area contributed by atoms with Crippen LogP contribution in [0.2, 0.25) is 0 Å². The molecule has 0 aliphatic carbocycles. The van der Waals surface area contributed by atoms with E-state index in [1.54, 1.807) is 0 Å². The first-order valence-corrected chi connectivity index (χ1v) is 4.63. The molecule has 0 saturated heterocycles. The van der Waals surface area contributed by atoms with E-state index in [1.807, 2.05) is 6.92 Å². The van der Waals surface area contributed by atoms with Crippen LogP contribution in [0.15, 0.2) is 0 Å². The maximum absolute atomic E-state index is 9.25. The molecule has 0 spiro atoms. The highest BCUT2D eigenvalue weighted by atomic mass is 16.3. The molecule has 3 atom stereocenters. The summed E-state index contributed by atoms with van der Waals surface area (Å²) in [5, 5.41) is 9.25. The maximum atomic E-state index is 9.25. The van der Waals surface area contributed by atoms with Crippen LogP contribution in [-0.4, -0.2) is 11.2 Å². The minimum atomic E-state index is -0.156. The summed E-state index contributed by atoms with van der Waals surface area (Å²) in [7, 11) is 0. The second-order valence-corrected chi connectivity index (χ2v) is 4.17. The molecule has 0 bridgehead atoms. The fraction of sp³-hybridized carbons (Fsp3) is 1.00. The summed E-state index contributed by atoms with van der Waals surface area (Å²) in [5.41, 5.74) is 0. The van der Waals surface area contributed by atoms with Gasteiger partial charge >= 0.3 is 0 Å². The zero-order valence-corrected chi connectivity index (χ0v) is 8.46. The number of aliphatic hydroxyl groups excluding tert-OH is 1. The van der Waals surface area contributed by atoms with E-state index in [2.05, 4.69) is 27.7 Å². The summed E-state index contributed by atoms with van der Waals surface area (Å²) in [6.45, 7) is 10.7. The van der Waals surface area contributed by atoms with Crippen LogP contribution in [0, 0.1) is 17.8 Å². The summed E-state index contributed by atoms with van der Waals surface area (Å²) in [6, 6.07) is 0. The molecule has 0 aromatic heterocycles. The van der Waals surface area contributed by atoms with Crippen LogP contribution in [0.3, 0.4) is 0 Å². The van der Waals surface area contributed by atoms with E-state index in [-0.39, 0.29) is 6.10 Å². The molecule has 0 aliphatic rings. The number of hydrogen-bond acceptors (Lipinski definition) is 1. The van der Waals surface area contributed by atoms with Gasteiger partial charge in [-0.1, -0.05) is 27.7 Å². The number of rotatable bonds is 4. The largest absolute Gasteiger partial charge is 0.393 e. The standard InChI is InChI=1S/C10H22O/c1-7(2)8(3)6-9(4)10(5)11/h7-11H,6H2,1-5H3. The minimum absolute atomic E-state index is 0.156. The molecule has 1 N–H and O–H groups in total. The molecule has 0 saturated carbocycles. The van der Waals surface area contributed by atoms with Gasteiger partial charge in [0.25, 0.3) is 0 Å². The highest BCUT2D eigenvalue weighted by molar-refractivity contribution is 4.65. The van der Waals surface area contributed by atoms with Gasteiger partial charge in [-0.3, -0.25) is 0 Å². The highest BCUT2D eigenvalue weighted by Crippen LogP contribution is 2.21. The number of aliphatic hydroxyl groups is 1. The molecule has 0 rings (SSSR count). The third-order valence-electron chi connectivity index (χ3n) is 2.71. The molecule has 11 heavy (non-hydrogen) atoms. The highest BCUT2D eigenvalue weighted by Gasteiger charge is 2.15. The fourth-order valence-electron chi connectivity index (χ4n) is 1.06. The Balaban J connectivity index is 3.66. The topological polar surface area (TPSA) is 20.2 Å². The number of hydrogen-bond donors (Lipinski definition) is 1. The Labute approximate surface area is 70.8 Å². The molecule has 0 amide bonds. The van der Waals surface area contributed by atoms with Crippen molar-refractivity contribution in [3.05, 3.63) is 0 Å². The Bertz CT molecular complexity index is 85.0. The first-order chi connectivity index (χ1) is 4.95. The summed E-state index contributed by atoms with van der Waals surface area (Å²) < 4.78 is 0. The van der Waals surface area contributed by atoms with E-state index in [9.17, 15) is 5.11 Å². The third-order valence-corrected chi connectivity index (χ3v) is 2.71. The predicted octanol–water partition coefficient (Wildman–Crippen LogP) is 2.69. The SMILES string of the molecule is CC(C)C(C)CC(C)C(C)O. The van der Waals surface area contributed by atoms with Gasteiger partial charge in [-0.15, -0.1) is 0 Å². The lowest BCUT2D eigenvalue weighted by Crippen LogP contribution is -2.18. The average molecular weight is 158 g/mol. The van der Waals surface area contributed by atoms with Crippen molar-refractivity contribution < 1.29 is 5.11 Å². The molecular formula is C10H22O. The van der Waals surface area contributed by atoms with Gasteiger partial charge in [0.1, 0.15) is 0 Å². The normalized spacial score (nSPS) is 19.9. The summed E-state index contributed by atoms with van der Waals surface area (Å²) in [4.78, 5) is 0. The smallest absolute Gasteiger partial charge is 0.0537 e. The minimum Gasteiger partial charge on any atom is -0.393 e. The van der Waals surface area contributed by atoms with Crippen molar-refractivity contribution in [3.63, 3.8) is 0 Å². The summed E-state index contributed by atoms with van der Waals surface area (Å²) in [5.74, 6) is 1.89. The van der Waals surface area contributed by atoms with Crippen LogP contribution in [-0.2, 0) is 0 Å². The van der Waals surface area contributed by atoms with Gasteiger partial charge < -0.3 is 5.11 Å². The lowest BCUT2D eigenvalue weighted by atomic mass is 9.87. The fourth-order valence-corrected chi connectivity index (χ4v) is 1.06. The Morgan fingerprint density at radius 1 is 0.909 bits per heavy atom. The van der Waals surface area contributed by atoms with Gasteiger partial charge in [0.05, 0.1) is 6.10 Å². The Kier molecular flexibility index (Phi) is 4.74. The lowest BCUT2D eigenvalue weighted by Gasteiger charge is -2.21. The van der Waals surface area contributed by atoms with E-state index in [4.69, 9.17) is 0 Å². The molecular weight excluding hydrogens is 136 g/mol. The average Bonchev–Trinajstić information content (AvgIpc) is 1.87. The van der Waals surface area contributed by atoms with Gasteiger partial charge in [0.2, 0.25) is 0 Å². The van der Waals surface area contributed by atoms with E-state index >= 15 is 0 Å². The van der Waals surface area contributed by atoms with Gasteiger partial charge in [-0.05, 0) is 31.1 Å². The second-order valence-electron chi connectivity index (χ2n) is 4.17. The maximum Gasteiger partial charge on any atom is 0.0537 e. The van der Waals surface area contributed by atoms with Gasteiger partial charge in [0, 0.05) is 0 Å². The van der Waals surface area contributed by atoms with Crippen molar-refractivity contribution in [3.8, 4) is 0 Å². The zero-order valence-electron chi connectivity index (χ0n) is 8.46. The van der Waals surface area contributed by atoms with Gasteiger partial charge in [-0.25, -0.2) is 0 Å². The van der Waals surface area contributed by atoms with E-state index in [0.29, 0.717) is 5.92 Å². The summed E-state index contributed by atoms with van der Waals surface area (Å²) in [6.07, 6.45) is 0.978. The van der Waals surface area contributed by atoms with Crippen molar-refractivity contribution >= 4 is 0 Å². The quantitative estimate of drug-likeness (QED) is 0.667. The van der Waals surface area contributed by atoms with Gasteiger partial charge in [-0.2, -0.15) is 0 Å². The molecule has 1 nitrogen and oxygen atoms in total. The molecule has 1 heteroatoms. The molecule has 0 fully saturated rings. The predicted molar refractivity (Wildman–Crippen MR) is 49.5 cm³/mol. The van der Waals surface area contributed by atoms with Crippen LogP contribution >= 0.6 is 0 Å². The van der Waals surface area contributed by atoms with Crippen molar-refractivity contribution in [1.29, 1.82) is 0 Å². The van der Waals surface area contributed by atoms with Crippen molar-refractivity contribution in [2.75, 3.05) is 0 Å². The van der Waals surface area contributed by atoms with Crippen LogP contribution in [0.1, 0.15) is 41.0 Å². The monoisotopic (exact) mass is 158 g/mol. The van der Waals surface area contributed by atoms with Crippen LogP contribution in [0.5, 0.6) is 0 Å². The van der Waals surface area contributed by atoms with Crippen LogP contribution in [0.4, 0.5) is 0 Å². The lowest BCUT2D eigenvalue weighted by molar-refractivity contribution is 0.115. The van der Waals surface area contributed by atoms with Crippen molar-refractivity contribution in [2.45, 2.75) is 47.1 Å². The molecule has 0 heterocycles. The van der Waals surface area contributed by atoms with E-state index < -0.39 is 0 Å². The molecule has 0 aromatic carbocycles. The molecule has 0 aromatic rings. The summed E-state index contributed by atoms with van der Waals surface area (Å²) >= 11 is 0. The third kappa shape index (κ3) is 4.41. The first-order valence-electron chi connectivity index (χ1n) is 4.63. The van der Waals surface area contributed by atoms with Crippen molar-refractivity contribution in [1.82, 2.24) is 0 Å². The molecule has 0 aliphatic heterocycles. The Hall–Kier alpha value is -0.0400. The van der Waals surface area contributed by atoms with Crippen LogP contribution < -0.4 is 0 Å². The zero-order chi connectivity index (χ0) is 9.02. The Morgan fingerprint density at radius 2 is 1.36 bits per heavy atom. The molecule has 3 unspecified atom stereocenters. The Morgan fingerprint density at radius 3 is 1.64 bits per heavy atom.